The molecule has 0 amide bonds. The van der Waals surface area contributed by atoms with Gasteiger partial charge in [0.25, 0.3) is 0 Å². The Morgan fingerprint density at radius 1 is 1.23 bits per heavy atom. The Morgan fingerprint density at radius 2 is 1.95 bits per heavy atom. The van der Waals surface area contributed by atoms with Gasteiger partial charge in [-0.2, -0.15) is 0 Å². The van der Waals surface area contributed by atoms with E-state index >= 15 is 0 Å². The third-order valence-electron chi connectivity index (χ3n) is 4.47. The molecule has 0 N–H and O–H groups in total. The van der Waals surface area contributed by atoms with Crippen molar-refractivity contribution < 1.29 is 0 Å². The fraction of sp³-hybridized carbons (Fsp3) is 0.364. The minimum Gasteiger partial charge on any atom is -0.0988 e. The van der Waals surface area contributed by atoms with Crippen molar-refractivity contribution in [3.63, 3.8) is 0 Å². The van der Waals surface area contributed by atoms with E-state index < -0.39 is 0 Å². The van der Waals surface area contributed by atoms with Crippen molar-refractivity contribution in [1.82, 2.24) is 0 Å². The van der Waals surface area contributed by atoms with E-state index in [0.717, 1.165) is 19.3 Å². The van der Waals surface area contributed by atoms with Crippen LogP contribution < -0.4 is 0 Å². The van der Waals surface area contributed by atoms with E-state index in [1.165, 1.54) is 22.3 Å². The summed E-state index contributed by atoms with van der Waals surface area (Å²) in [5, 5.41) is 0. The summed E-state index contributed by atoms with van der Waals surface area (Å²) < 4.78 is 0. The van der Waals surface area contributed by atoms with Gasteiger partial charge in [0.15, 0.2) is 0 Å². The maximum absolute atomic E-state index is 3.99. The molecule has 0 aliphatic rings. The summed E-state index contributed by atoms with van der Waals surface area (Å²) in [5.41, 5.74) is 5.44. The zero-order valence-corrected chi connectivity index (χ0v) is 14.7. The van der Waals surface area contributed by atoms with Crippen LogP contribution in [0.25, 0.3) is 6.08 Å². The molecule has 118 valence electrons. The molecule has 0 atom stereocenters. The van der Waals surface area contributed by atoms with Gasteiger partial charge in [0, 0.05) is 0 Å². The third kappa shape index (κ3) is 5.18. The summed E-state index contributed by atoms with van der Waals surface area (Å²) in [5.74, 6) is 0. The van der Waals surface area contributed by atoms with Crippen LogP contribution in [0.4, 0.5) is 0 Å². The quantitative estimate of drug-likeness (QED) is 0.465. The number of aryl methyl sites for hydroxylation is 1. The molecule has 0 aliphatic carbocycles. The van der Waals surface area contributed by atoms with Crippen LogP contribution in [0.2, 0.25) is 0 Å². The van der Waals surface area contributed by atoms with Crippen LogP contribution in [0.15, 0.2) is 66.8 Å². The maximum Gasteiger partial charge on any atom is -0.0109 e. The normalized spacial score (nSPS) is 13.1. The Balaban J connectivity index is 2.86. The standard InChI is InChI=1S/C22H30/c1-7-18-12-11-13-20(16-18)15-14-19(8-2)17-21(9-3)22(5,6)10-4/h7-9,11-13,16-17H,1-2,10,14-15H2,3-6H3/b19-17+,21-9+. The van der Waals surface area contributed by atoms with Gasteiger partial charge in [-0.25, -0.2) is 0 Å². The zero-order valence-electron chi connectivity index (χ0n) is 14.7. The van der Waals surface area contributed by atoms with E-state index in [4.69, 9.17) is 0 Å². The summed E-state index contributed by atoms with van der Waals surface area (Å²) in [6.45, 7) is 16.8. The van der Waals surface area contributed by atoms with Crippen molar-refractivity contribution in [2.75, 3.05) is 0 Å². The van der Waals surface area contributed by atoms with Crippen LogP contribution in [0.5, 0.6) is 0 Å². The molecule has 0 unspecified atom stereocenters. The van der Waals surface area contributed by atoms with Crippen molar-refractivity contribution in [3.05, 3.63) is 77.9 Å². The van der Waals surface area contributed by atoms with E-state index in [-0.39, 0.29) is 5.41 Å². The van der Waals surface area contributed by atoms with Crippen LogP contribution in [-0.2, 0) is 6.42 Å². The molecule has 0 saturated carbocycles. The number of benzene rings is 1. The van der Waals surface area contributed by atoms with Crippen LogP contribution in [0.1, 0.15) is 51.7 Å². The topological polar surface area (TPSA) is 0 Å². The molecular weight excluding hydrogens is 264 g/mol. The molecule has 0 spiro atoms. The molecule has 0 saturated heterocycles. The lowest BCUT2D eigenvalue weighted by Crippen LogP contribution is -2.12. The molecule has 0 nitrogen and oxygen atoms in total. The molecule has 0 bridgehead atoms. The second-order valence-electron chi connectivity index (χ2n) is 6.35. The van der Waals surface area contributed by atoms with E-state index in [1.807, 2.05) is 12.2 Å². The number of hydrogen-bond donors (Lipinski definition) is 0. The first-order valence-corrected chi connectivity index (χ1v) is 8.18. The number of rotatable bonds is 8. The second kappa shape index (κ2) is 8.58. The Kier molecular flexibility index (Phi) is 7.11. The molecule has 0 aliphatic heterocycles. The van der Waals surface area contributed by atoms with Gasteiger partial charge in [0.1, 0.15) is 0 Å². The van der Waals surface area contributed by atoms with Gasteiger partial charge in [-0.15, -0.1) is 0 Å². The minimum atomic E-state index is 0.214. The van der Waals surface area contributed by atoms with Crippen LogP contribution >= 0.6 is 0 Å². The average Bonchev–Trinajstić information content (AvgIpc) is 2.55. The lowest BCUT2D eigenvalue weighted by atomic mass is 9.80. The van der Waals surface area contributed by atoms with Gasteiger partial charge in [0.05, 0.1) is 0 Å². The first kappa shape index (κ1) is 18.2. The van der Waals surface area contributed by atoms with Crippen molar-refractivity contribution in [1.29, 1.82) is 0 Å². The van der Waals surface area contributed by atoms with Gasteiger partial charge in [-0.05, 0) is 53.9 Å². The number of allylic oxidation sites excluding steroid dienone is 5. The van der Waals surface area contributed by atoms with Crippen LogP contribution in [-0.4, -0.2) is 0 Å². The molecule has 22 heavy (non-hydrogen) atoms. The third-order valence-corrected chi connectivity index (χ3v) is 4.47. The molecule has 0 fully saturated rings. The number of hydrogen-bond acceptors (Lipinski definition) is 0. The predicted octanol–water partition coefficient (Wildman–Crippen LogP) is 6.76. The van der Waals surface area contributed by atoms with Gasteiger partial charge in [-0.3, -0.25) is 0 Å². The van der Waals surface area contributed by atoms with Crippen molar-refractivity contribution in [2.45, 2.75) is 47.0 Å². The Labute approximate surface area is 137 Å². The van der Waals surface area contributed by atoms with Crippen molar-refractivity contribution in [2.24, 2.45) is 5.41 Å². The highest BCUT2D eigenvalue weighted by Gasteiger charge is 2.18. The Bertz CT molecular complexity index is 567. The fourth-order valence-electron chi connectivity index (χ4n) is 2.47. The molecule has 1 rings (SSSR count). The molecule has 1 aromatic rings. The monoisotopic (exact) mass is 294 g/mol. The Morgan fingerprint density at radius 3 is 2.50 bits per heavy atom. The lowest BCUT2D eigenvalue weighted by Gasteiger charge is -2.25. The predicted molar refractivity (Wildman–Crippen MR) is 101 cm³/mol. The minimum absolute atomic E-state index is 0.214. The Hall–Kier alpha value is -1.82. The van der Waals surface area contributed by atoms with Crippen LogP contribution in [0, 0.1) is 5.41 Å². The van der Waals surface area contributed by atoms with Gasteiger partial charge in [-0.1, -0.05) is 82.5 Å². The van der Waals surface area contributed by atoms with E-state index in [9.17, 15) is 0 Å². The maximum atomic E-state index is 3.99. The van der Waals surface area contributed by atoms with E-state index in [0.29, 0.717) is 0 Å². The summed E-state index contributed by atoms with van der Waals surface area (Å²) in [6, 6.07) is 8.57. The lowest BCUT2D eigenvalue weighted by molar-refractivity contribution is 0.439. The van der Waals surface area contributed by atoms with Gasteiger partial charge < -0.3 is 0 Å². The van der Waals surface area contributed by atoms with Crippen molar-refractivity contribution >= 4 is 6.08 Å². The highest BCUT2D eigenvalue weighted by Crippen LogP contribution is 2.32. The van der Waals surface area contributed by atoms with E-state index in [1.54, 1.807) is 0 Å². The summed E-state index contributed by atoms with van der Waals surface area (Å²) >= 11 is 0. The smallest absolute Gasteiger partial charge is 0.0109 e. The molecule has 0 heterocycles. The van der Waals surface area contributed by atoms with Crippen molar-refractivity contribution in [3.8, 4) is 0 Å². The van der Waals surface area contributed by atoms with Gasteiger partial charge in [0.2, 0.25) is 0 Å². The summed E-state index contributed by atoms with van der Waals surface area (Å²) in [6.07, 6.45) is 11.6. The van der Waals surface area contributed by atoms with E-state index in [2.05, 4.69) is 77.3 Å². The van der Waals surface area contributed by atoms with Gasteiger partial charge >= 0.3 is 0 Å². The SMILES string of the molecule is C=C/C(=C\C(=C/C)C(C)(C)CC)CCc1cccc(C=C)c1. The molecule has 0 aromatic heterocycles. The fourth-order valence-corrected chi connectivity index (χ4v) is 2.47. The zero-order chi connectivity index (χ0) is 16.6. The molecule has 0 radical (unpaired) electrons. The summed E-state index contributed by atoms with van der Waals surface area (Å²) in [4.78, 5) is 0. The largest absolute Gasteiger partial charge is 0.0988 e. The first-order valence-electron chi connectivity index (χ1n) is 8.18. The van der Waals surface area contributed by atoms with Crippen LogP contribution in [0.3, 0.4) is 0 Å². The average molecular weight is 294 g/mol. The highest BCUT2D eigenvalue weighted by molar-refractivity contribution is 5.48. The summed E-state index contributed by atoms with van der Waals surface area (Å²) in [7, 11) is 0. The highest BCUT2D eigenvalue weighted by atomic mass is 14.2. The molecule has 1 aromatic carbocycles. The molecule has 0 heteroatoms. The second-order valence-corrected chi connectivity index (χ2v) is 6.35. The first-order chi connectivity index (χ1) is 10.5. The molecular formula is C22H30.